The van der Waals surface area contributed by atoms with Gasteiger partial charge in [-0.1, -0.05) is 65.3 Å². The predicted octanol–water partition coefficient (Wildman–Crippen LogP) is 6.53. The highest BCUT2D eigenvalue weighted by Crippen LogP contribution is 2.51. The third kappa shape index (κ3) is 3.75. The van der Waals surface area contributed by atoms with Crippen LogP contribution in [0.4, 0.5) is 5.95 Å². The van der Waals surface area contributed by atoms with E-state index in [1.807, 2.05) is 53.4 Å². The van der Waals surface area contributed by atoms with E-state index in [4.69, 9.17) is 31.2 Å². The third-order valence-corrected chi connectivity index (χ3v) is 7.18. The average Bonchev–Trinajstić information content (AvgIpc) is 3.31. The monoisotopic (exact) mass is 502 g/mol. The molecule has 0 spiro atoms. The Bertz CT molecular complexity index is 1450. The van der Waals surface area contributed by atoms with Crippen LogP contribution in [0.3, 0.4) is 0 Å². The minimum atomic E-state index is -0.349. The van der Waals surface area contributed by atoms with Gasteiger partial charge in [-0.15, -0.1) is 5.10 Å². The standard InChI is InChI=1S/C27H23ClN4O2S/c1-15-4-6-16(7-5-15)24-22-23(29-26-30-27(35-3)31-32(24)26)20-14-18(28)10-13-21(20)34-25(22)17-8-11-19(33-2)12-9-17/h4-14,24-25H,1-3H3,(H,29,30,31)/t24-,25-/m0/s1. The molecule has 8 heteroatoms. The highest BCUT2D eigenvalue weighted by atomic mass is 35.5. The van der Waals surface area contributed by atoms with E-state index in [0.29, 0.717) is 16.1 Å². The summed E-state index contributed by atoms with van der Waals surface area (Å²) in [6.45, 7) is 2.09. The Morgan fingerprint density at radius 1 is 1.03 bits per heavy atom. The number of rotatable bonds is 4. The largest absolute Gasteiger partial charge is 0.497 e. The normalized spacial score (nSPS) is 18.2. The Morgan fingerprint density at radius 3 is 2.49 bits per heavy atom. The second-order valence-corrected chi connectivity index (χ2v) is 9.76. The van der Waals surface area contributed by atoms with Gasteiger partial charge >= 0.3 is 0 Å². The van der Waals surface area contributed by atoms with Crippen LogP contribution in [0, 0.1) is 6.92 Å². The van der Waals surface area contributed by atoms with Crippen LogP contribution in [0.15, 0.2) is 77.5 Å². The van der Waals surface area contributed by atoms with Crippen LogP contribution in [0.25, 0.3) is 5.70 Å². The Balaban J connectivity index is 1.62. The third-order valence-electron chi connectivity index (χ3n) is 6.41. The lowest BCUT2D eigenvalue weighted by atomic mass is 9.84. The van der Waals surface area contributed by atoms with Gasteiger partial charge in [-0.25, -0.2) is 4.68 Å². The fourth-order valence-electron chi connectivity index (χ4n) is 4.69. The molecular weight excluding hydrogens is 480 g/mol. The molecule has 0 radical (unpaired) electrons. The number of nitrogens with zero attached hydrogens (tertiary/aromatic N) is 3. The van der Waals surface area contributed by atoms with Crippen molar-refractivity contribution in [3.63, 3.8) is 0 Å². The summed E-state index contributed by atoms with van der Waals surface area (Å²) in [5, 5.41) is 9.75. The molecule has 0 saturated heterocycles. The predicted molar refractivity (Wildman–Crippen MR) is 139 cm³/mol. The second-order valence-electron chi connectivity index (χ2n) is 8.55. The van der Waals surface area contributed by atoms with Gasteiger partial charge < -0.3 is 14.8 Å². The molecule has 35 heavy (non-hydrogen) atoms. The number of benzene rings is 3. The lowest BCUT2D eigenvalue weighted by Gasteiger charge is -2.39. The van der Waals surface area contributed by atoms with Crippen LogP contribution in [0.2, 0.25) is 5.02 Å². The molecule has 1 N–H and O–H groups in total. The number of thioether (sulfide) groups is 1. The lowest BCUT2D eigenvalue weighted by Crippen LogP contribution is -2.32. The Labute approximate surface area is 212 Å². The molecule has 2 atom stereocenters. The maximum absolute atomic E-state index is 6.68. The number of halogens is 1. The van der Waals surface area contributed by atoms with Gasteiger partial charge in [-0.3, -0.25) is 0 Å². The van der Waals surface area contributed by atoms with Gasteiger partial charge in [0.2, 0.25) is 11.1 Å². The number of aryl methyl sites for hydroxylation is 1. The average molecular weight is 503 g/mol. The molecule has 176 valence electrons. The van der Waals surface area contributed by atoms with E-state index < -0.39 is 0 Å². The summed E-state index contributed by atoms with van der Waals surface area (Å²) in [7, 11) is 1.67. The van der Waals surface area contributed by atoms with E-state index in [-0.39, 0.29) is 12.1 Å². The number of anilines is 1. The summed E-state index contributed by atoms with van der Waals surface area (Å²) in [5.41, 5.74) is 6.24. The fourth-order valence-corrected chi connectivity index (χ4v) is 5.21. The van der Waals surface area contributed by atoms with Gasteiger partial charge in [0.15, 0.2) is 0 Å². The lowest BCUT2D eigenvalue weighted by molar-refractivity contribution is 0.223. The molecule has 3 heterocycles. The number of hydrogen-bond donors (Lipinski definition) is 1. The molecule has 4 aromatic rings. The van der Waals surface area contributed by atoms with Gasteiger partial charge in [0.1, 0.15) is 23.6 Å². The van der Waals surface area contributed by atoms with Gasteiger partial charge in [-0.2, -0.15) is 4.98 Å². The molecule has 0 unspecified atom stereocenters. The minimum absolute atomic E-state index is 0.213. The van der Waals surface area contributed by atoms with Crippen molar-refractivity contribution in [3.8, 4) is 11.5 Å². The SMILES string of the molecule is COc1ccc([C@@H]2Oc3ccc(Cl)cc3C3=C2[C@H](c2ccc(C)cc2)n2nc(SC)nc2N3)cc1. The summed E-state index contributed by atoms with van der Waals surface area (Å²) >= 11 is 7.95. The van der Waals surface area contributed by atoms with Crippen molar-refractivity contribution in [1.29, 1.82) is 0 Å². The van der Waals surface area contributed by atoms with Crippen LogP contribution < -0.4 is 14.8 Å². The first-order valence-corrected chi connectivity index (χ1v) is 12.8. The van der Waals surface area contributed by atoms with E-state index in [9.17, 15) is 0 Å². The summed E-state index contributed by atoms with van der Waals surface area (Å²) in [5.74, 6) is 2.26. The van der Waals surface area contributed by atoms with Crippen LogP contribution in [0.5, 0.6) is 11.5 Å². The molecule has 1 aromatic heterocycles. The number of hydrogen-bond acceptors (Lipinski definition) is 6. The molecule has 0 saturated carbocycles. The Hall–Kier alpha value is -3.42. The van der Waals surface area contributed by atoms with Gasteiger partial charge in [-0.05, 0) is 54.6 Å². The number of fused-ring (bicyclic) bond motifs is 3. The van der Waals surface area contributed by atoms with Crippen LogP contribution in [-0.2, 0) is 0 Å². The van der Waals surface area contributed by atoms with Gasteiger partial charge in [0.05, 0.1) is 12.8 Å². The number of methoxy groups -OCH3 is 1. The molecule has 2 aliphatic heterocycles. The first-order chi connectivity index (χ1) is 17.1. The second kappa shape index (κ2) is 8.66. The summed E-state index contributed by atoms with van der Waals surface area (Å²) in [4.78, 5) is 4.75. The van der Waals surface area contributed by atoms with Crippen molar-refractivity contribution in [2.24, 2.45) is 0 Å². The van der Waals surface area contributed by atoms with Crippen molar-refractivity contribution in [3.05, 3.63) is 99.6 Å². The maximum atomic E-state index is 6.68. The van der Waals surface area contributed by atoms with Gasteiger partial charge in [0, 0.05) is 16.2 Å². The molecule has 2 aliphatic rings. The van der Waals surface area contributed by atoms with Crippen molar-refractivity contribution in [2.45, 2.75) is 24.2 Å². The molecule has 0 bridgehead atoms. The Kier molecular flexibility index (Phi) is 5.46. The topological polar surface area (TPSA) is 61.2 Å². The van der Waals surface area contributed by atoms with Crippen molar-refractivity contribution in [2.75, 3.05) is 18.7 Å². The van der Waals surface area contributed by atoms with E-state index >= 15 is 0 Å². The molecule has 3 aromatic carbocycles. The zero-order valence-corrected chi connectivity index (χ0v) is 21.0. The smallest absolute Gasteiger partial charge is 0.227 e. The minimum Gasteiger partial charge on any atom is -0.497 e. The van der Waals surface area contributed by atoms with Crippen LogP contribution in [-0.4, -0.2) is 28.1 Å². The Morgan fingerprint density at radius 2 is 1.77 bits per heavy atom. The molecule has 0 fully saturated rings. The van der Waals surface area contributed by atoms with Crippen molar-refractivity contribution in [1.82, 2.24) is 14.8 Å². The van der Waals surface area contributed by atoms with Crippen LogP contribution >= 0.6 is 23.4 Å². The summed E-state index contributed by atoms with van der Waals surface area (Å²) in [6.07, 6.45) is 1.63. The van der Waals surface area contributed by atoms with Crippen molar-refractivity contribution >= 4 is 35.0 Å². The highest BCUT2D eigenvalue weighted by Gasteiger charge is 2.41. The quantitative estimate of drug-likeness (QED) is 0.320. The molecule has 6 nitrogen and oxygen atoms in total. The zero-order valence-electron chi connectivity index (χ0n) is 19.4. The molecule has 0 aliphatic carbocycles. The van der Waals surface area contributed by atoms with E-state index in [0.717, 1.165) is 39.5 Å². The van der Waals surface area contributed by atoms with E-state index in [2.05, 4.69) is 36.5 Å². The first kappa shape index (κ1) is 22.1. The maximum Gasteiger partial charge on any atom is 0.227 e. The number of nitrogens with one attached hydrogen (secondary N) is 1. The van der Waals surface area contributed by atoms with E-state index in [1.165, 1.54) is 17.3 Å². The van der Waals surface area contributed by atoms with Crippen molar-refractivity contribution < 1.29 is 9.47 Å². The number of aromatic nitrogens is 3. The van der Waals surface area contributed by atoms with Crippen LogP contribution in [0.1, 0.15) is 34.4 Å². The summed E-state index contributed by atoms with van der Waals surface area (Å²) < 4.78 is 14.0. The highest BCUT2D eigenvalue weighted by molar-refractivity contribution is 7.98. The number of ether oxygens (including phenoxy) is 2. The molecule has 0 amide bonds. The zero-order chi connectivity index (χ0) is 24.1. The van der Waals surface area contributed by atoms with E-state index in [1.54, 1.807) is 7.11 Å². The molecular formula is C27H23ClN4O2S. The van der Waals surface area contributed by atoms with Gasteiger partial charge in [0.25, 0.3) is 0 Å². The summed E-state index contributed by atoms with van der Waals surface area (Å²) in [6, 6.07) is 22.1. The first-order valence-electron chi connectivity index (χ1n) is 11.2. The molecule has 6 rings (SSSR count). The fraction of sp³-hybridized carbons (Fsp3) is 0.185.